The quantitative estimate of drug-likeness (QED) is 0.803. The topological polar surface area (TPSA) is 67.4 Å². The zero-order valence-corrected chi connectivity index (χ0v) is 16.5. The minimum absolute atomic E-state index is 0.117. The monoisotopic (exact) mass is 368 g/mol. The number of hydrogen-bond donors (Lipinski definition) is 2. The summed E-state index contributed by atoms with van der Waals surface area (Å²) < 4.78 is 5.12. The molecule has 0 aliphatic heterocycles. The molecule has 0 bridgehead atoms. The number of rotatable bonds is 6. The maximum atomic E-state index is 11.9. The van der Waals surface area contributed by atoms with E-state index in [1.807, 2.05) is 18.2 Å². The van der Waals surface area contributed by atoms with Crippen LogP contribution in [-0.2, 0) is 16.1 Å². The minimum Gasteiger partial charge on any atom is -0.444 e. The molecule has 2 aromatic carbocycles. The lowest BCUT2D eigenvalue weighted by Crippen LogP contribution is -2.35. The number of alkyl carbamates (subject to hydrolysis) is 1. The second kappa shape index (κ2) is 9.21. The Balaban J connectivity index is 1.74. The summed E-state index contributed by atoms with van der Waals surface area (Å²) in [7, 11) is 0. The summed E-state index contributed by atoms with van der Waals surface area (Å²) in [6, 6.07) is 16.5. The minimum atomic E-state index is -0.545. The Morgan fingerprint density at radius 2 is 1.67 bits per heavy atom. The fourth-order valence-electron chi connectivity index (χ4n) is 2.52. The highest BCUT2D eigenvalue weighted by Gasteiger charge is 2.15. The first-order valence-corrected chi connectivity index (χ1v) is 9.12. The van der Waals surface area contributed by atoms with Crippen LogP contribution in [0.15, 0.2) is 48.5 Å². The second-order valence-electron chi connectivity index (χ2n) is 7.52. The number of carbonyl (C=O) groups is 2. The van der Waals surface area contributed by atoms with Crippen LogP contribution in [0.4, 0.5) is 4.79 Å². The van der Waals surface area contributed by atoms with E-state index in [1.54, 1.807) is 20.8 Å². The Kier molecular flexibility index (Phi) is 6.99. The van der Waals surface area contributed by atoms with Gasteiger partial charge in [0.1, 0.15) is 5.60 Å². The summed E-state index contributed by atoms with van der Waals surface area (Å²) in [4.78, 5) is 23.4. The van der Waals surface area contributed by atoms with Gasteiger partial charge in [-0.1, -0.05) is 54.1 Å². The van der Waals surface area contributed by atoms with Gasteiger partial charge in [-0.05, 0) is 44.4 Å². The van der Waals surface area contributed by atoms with E-state index in [4.69, 9.17) is 4.74 Å². The Morgan fingerprint density at radius 1 is 0.963 bits per heavy atom. The van der Waals surface area contributed by atoms with Crippen LogP contribution < -0.4 is 10.6 Å². The predicted octanol–water partition coefficient (Wildman–Crippen LogP) is 4.19. The number of ether oxygens (including phenoxy) is 1. The van der Waals surface area contributed by atoms with Gasteiger partial charge in [0.2, 0.25) is 5.91 Å². The summed E-state index contributed by atoms with van der Waals surface area (Å²) in [6.45, 7) is 8.16. The number of nitrogens with one attached hydrogen (secondary N) is 2. The molecule has 27 heavy (non-hydrogen) atoms. The van der Waals surface area contributed by atoms with E-state index in [2.05, 4.69) is 47.9 Å². The van der Waals surface area contributed by atoms with Gasteiger partial charge in [-0.2, -0.15) is 0 Å². The lowest BCUT2D eigenvalue weighted by molar-refractivity contribution is -0.121. The molecular formula is C22H28N2O3. The van der Waals surface area contributed by atoms with E-state index in [0.717, 1.165) is 11.1 Å². The fraction of sp³-hybridized carbons (Fsp3) is 0.364. The summed E-state index contributed by atoms with van der Waals surface area (Å²) >= 11 is 0. The largest absolute Gasteiger partial charge is 0.444 e. The number of amides is 2. The Morgan fingerprint density at radius 3 is 2.30 bits per heavy atom. The molecule has 5 nitrogen and oxygen atoms in total. The third-order valence-corrected chi connectivity index (χ3v) is 3.82. The van der Waals surface area contributed by atoms with E-state index in [1.165, 1.54) is 11.1 Å². The molecular weight excluding hydrogens is 340 g/mol. The smallest absolute Gasteiger partial charge is 0.407 e. The molecule has 0 saturated heterocycles. The number of carbonyl (C=O) groups excluding carboxylic acids is 2. The van der Waals surface area contributed by atoms with Crippen molar-refractivity contribution in [1.29, 1.82) is 0 Å². The molecule has 0 unspecified atom stereocenters. The zero-order valence-electron chi connectivity index (χ0n) is 16.5. The van der Waals surface area contributed by atoms with Crippen LogP contribution in [0.5, 0.6) is 0 Å². The average molecular weight is 368 g/mol. The standard InChI is InChI=1S/C22H28N2O3/c1-16-6-5-7-19(14-16)18-10-8-17(9-11-18)15-24-20(25)12-13-23-21(26)27-22(2,3)4/h5-11,14H,12-13,15H2,1-4H3,(H,23,26)(H,24,25). The van der Waals surface area contributed by atoms with E-state index in [9.17, 15) is 9.59 Å². The van der Waals surface area contributed by atoms with Gasteiger partial charge in [0, 0.05) is 19.5 Å². The molecule has 5 heteroatoms. The van der Waals surface area contributed by atoms with Crippen molar-refractivity contribution in [3.05, 3.63) is 59.7 Å². The van der Waals surface area contributed by atoms with E-state index in [0.29, 0.717) is 6.54 Å². The number of aryl methyl sites for hydroxylation is 1. The van der Waals surface area contributed by atoms with Crippen LogP contribution in [0.3, 0.4) is 0 Å². The molecule has 0 aromatic heterocycles. The number of benzene rings is 2. The highest BCUT2D eigenvalue weighted by atomic mass is 16.6. The van der Waals surface area contributed by atoms with Gasteiger partial charge < -0.3 is 15.4 Å². The molecule has 0 spiro atoms. The maximum absolute atomic E-state index is 11.9. The van der Waals surface area contributed by atoms with Crippen LogP contribution >= 0.6 is 0 Å². The van der Waals surface area contributed by atoms with Crippen molar-refractivity contribution in [2.75, 3.05) is 6.54 Å². The summed E-state index contributed by atoms with van der Waals surface area (Å²) in [5.41, 5.74) is 4.04. The van der Waals surface area contributed by atoms with Crippen molar-refractivity contribution in [3.8, 4) is 11.1 Å². The first kappa shape index (κ1) is 20.5. The average Bonchev–Trinajstić information content (AvgIpc) is 2.59. The zero-order chi connectivity index (χ0) is 19.9. The molecule has 0 aliphatic rings. The predicted molar refractivity (Wildman–Crippen MR) is 107 cm³/mol. The molecule has 0 saturated carbocycles. The lowest BCUT2D eigenvalue weighted by atomic mass is 10.0. The molecule has 2 amide bonds. The normalized spacial score (nSPS) is 11.0. The van der Waals surface area contributed by atoms with Gasteiger partial charge >= 0.3 is 6.09 Å². The van der Waals surface area contributed by atoms with Crippen LogP contribution in [0, 0.1) is 6.92 Å². The fourth-order valence-corrected chi connectivity index (χ4v) is 2.52. The number of hydrogen-bond acceptors (Lipinski definition) is 3. The molecule has 0 heterocycles. The van der Waals surface area contributed by atoms with Crippen LogP contribution in [0.2, 0.25) is 0 Å². The van der Waals surface area contributed by atoms with Crippen LogP contribution in [-0.4, -0.2) is 24.1 Å². The van der Waals surface area contributed by atoms with E-state index < -0.39 is 11.7 Å². The van der Waals surface area contributed by atoms with Gasteiger partial charge in [-0.15, -0.1) is 0 Å². The third kappa shape index (κ3) is 7.52. The van der Waals surface area contributed by atoms with Gasteiger partial charge in [0.05, 0.1) is 0 Å². The first-order valence-electron chi connectivity index (χ1n) is 9.12. The summed E-state index contributed by atoms with van der Waals surface area (Å²) in [5, 5.41) is 5.43. The molecule has 2 aromatic rings. The maximum Gasteiger partial charge on any atom is 0.407 e. The molecule has 0 atom stereocenters. The van der Waals surface area contributed by atoms with Crippen LogP contribution in [0.25, 0.3) is 11.1 Å². The van der Waals surface area contributed by atoms with Gasteiger partial charge in [-0.3, -0.25) is 4.79 Å². The highest BCUT2D eigenvalue weighted by molar-refractivity contribution is 5.77. The summed E-state index contributed by atoms with van der Waals surface area (Å²) in [5.74, 6) is -0.117. The SMILES string of the molecule is Cc1cccc(-c2ccc(CNC(=O)CCNC(=O)OC(C)(C)C)cc2)c1. The van der Waals surface area contributed by atoms with Crippen molar-refractivity contribution < 1.29 is 14.3 Å². The Labute approximate surface area is 161 Å². The molecule has 0 radical (unpaired) electrons. The van der Waals surface area contributed by atoms with Crippen molar-refractivity contribution in [2.45, 2.75) is 46.3 Å². The molecule has 0 aliphatic carbocycles. The van der Waals surface area contributed by atoms with E-state index in [-0.39, 0.29) is 18.9 Å². The Bertz CT molecular complexity index is 777. The second-order valence-corrected chi connectivity index (χ2v) is 7.52. The molecule has 2 rings (SSSR count). The third-order valence-electron chi connectivity index (χ3n) is 3.82. The van der Waals surface area contributed by atoms with Crippen molar-refractivity contribution >= 4 is 12.0 Å². The van der Waals surface area contributed by atoms with Crippen molar-refractivity contribution in [1.82, 2.24) is 10.6 Å². The molecule has 144 valence electrons. The van der Waals surface area contributed by atoms with Gasteiger partial charge in [-0.25, -0.2) is 4.79 Å². The summed E-state index contributed by atoms with van der Waals surface area (Å²) in [6.07, 6.45) is -0.303. The molecule has 2 N–H and O–H groups in total. The van der Waals surface area contributed by atoms with Crippen molar-refractivity contribution in [3.63, 3.8) is 0 Å². The first-order chi connectivity index (χ1) is 12.7. The lowest BCUT2D eigenvalue weighted by Gasteiger charge is -2.19. The molecule has 0 fully saturated rings. The van der Waals surface area contributed by atoms with Gasteiger partial charge in [0.25, 0.3) is 0 Å². The van der Waals surface area contributed by atoms with Gasteiger partial charge in [0.15, 0.2) is 0 Å². The van der Waals surface area contributed by atoms with E-state index >= 15 is 0 Å². The Hall–Kier alpha value is -2.82. The van der Waals surface area contributed by atoms with Crippen LogP contribution in [0.1, 0.15) is 38.3 Å². The van der Waals surface area contributed by atoms with Crippen molar-refractivity contribution in [2.24, 2.45) is 0 Å². The highest BCUT2D eigenvalue weighted by Crippen LogP contribution is 2.20.